The molecule has 0 saturated heterocycles. The van der Waals surface area contributed by atoms with Crippen LogP contribution in [0.1, 0.15) is 11.9 Å². The molecule has 1 aromatic heterocycles. The molecule has 7 heteroatoms. The molecule has 0 spiro atoms. The summed E-state index contributed by atoms with van der Waals surface area (Å²) in [6.07, 6.45) is 0. The Morgan fingerprint density at radius 2 is 1.96 bits per heavy atom. The zero-order valence-corrected chi connectivity index (χ0v) is 16.4. The van der Waals surface area contributed by atoms with Crippen LogP contribution in [0.2, 0.25) is 0 Å². The van der Waals surface area contributed by atoms with Crippen LogP contribution in [0.3, 0.4) is 0 Å². The van der Waals surface area contributed by atoms with Gasteiger partial charge in [-0.15, -0.1) is 11.3 Å². The quantitative estimate of drug-likeness (QED) is 0.706. The fraction of sp³-hybridized carbons (Fsp3) is 0.190. The van der Waals surface area contributed by atoms with Gasteiger partial charge in [-0.2, -0.15) is 0 Å². The van der Waals surface area contributed by atoms with E-state index in [0.29, 0.717) is 5.69 Å². The number of benzene rings is 2. The third kappa shape index (κ3) is 3.61. The van der Waals surface area contributed by atoms with Crippen LogP contribution in [0.4, 0.5) is 17.1 Å². The number of hydrogen-bond donors (Lipinski definition) is 2. The lowest BCUT2D eigenvalue weighted by Crippen LogP contribution is -2.47. The van der Waals surface area contributed by atoms with Gasteiger partial charge in [-0.1, -0.05) is 24.3 Å². The first-order valence-corrected chi connectivity index (χ1v) is 9.88. The standard InChI is InChI=1S/C21H20N4O2S/c1-13(21(27)25-11-20(26)24-17-5-3-4-6-19(17)25)22-16-9-7-15(8-10-16)18-12-28-14(2)23-18/h3-10,12-13,22H,11H2,1-2H3,(H,24,26)/t13-/m0/s1. The van der Waals surface area contributed by atoms with Gasteiger partial charge in [-0.25, -0.2) is 4.98 Å². The van der Waals surface area contributed by atoms with Crippen molar-refractivity contribution in [1.29, 1.82) is 0 Å². The van der Waals surface area contributed by atoms with Crippen molar-refractivity contribution in [2.75, 3.05) is 22.1 Å². The van der Waals surface area contributed by atoms with Gasteiger partial charge in [-0.05, 0) is 38.1 Å². The van der Waals surface area contributed by atoms with Crippen LogP contribution < -0.4 is 15.5 Å². The minimum absolute atomic E-state index is 0.0178. The van der Waals surface area contributed by atoms with E-state index in [1.54, 1.807) is 24.3 Å². The number of carbonyl (C=O) groups excluding carboxylic acids is 2. The Kier molecular flexibility index (Phi) is 4.83. The van der Waals surface area contributed by atoms with Gasteiger partial charge >= 0.3 is 0 Å². The third-order valence-corrected chi connectivity index (χ3v) is 5.36. The molecule has 0 unspecified atom stereocenters. The number of rotatable bonds is 4. The van der Waals surface area contributed by atoms with Gasteiger partial charge in [0.05, 0.1) is 22.1 Å². The van der Waals surface area contributed by atoms with E-state index < -0.39 is 6.04 Å². The monoisotopic (exact) mass is 392 g/mol. The van der Waals surface area contributed by atoms with Crippen LogP contribution in [0.5, 0.6) is 0 Å². The first-order chi connectivity index (χ1) is 13.5. The van der Waals surface area contributed by atoms with E-state index in [1.807, 2.05) is 54.8 Å². The van der Waals surface area contributed by atoms with Gasteiger partial charge in [-0.3, -0.25) is 14.5 Å². The fourth-order valence-corrected chi connectivity index (χ4v) is 3.83. The fourth-order valence-electron chi connectivity index (χ4n) is 3.21. The molecule has 6 nitrogen and oxygen atoms in total. The molecule has 142 valence electrons. The number of para-hydroxylation sites is 2. The summed E-state index contributed by atoms with van der Waals surface area (Å²) in [5.74, 6) is -0.344. The second kappa shape index (κ2) is 7.44. The molecule has 4 rings (SSSR count). The smallest absolute Gasteiger partial charge is 0.249 e. The molecule has 0 aliphatic carbocycles. The Morgan fingerprint density at radius 1 is 1.21 bits per heavy atom. The maximum Gasteiger partial charge on any atom is 0.249 e. The Labute approximate surface area is 167 Å². The molecule has 0 fully saturated rings. The number of hydrogen-bond acceptors (Lipinski definition) is 5. The minimum atomic E-state index is -0.480. The van der Waals surface area contributed by atoms with E-state index in [-0.39, 0.29) is 18.4 Å². The number of thiazole rings is 1. The van der Waals surface area contributed by atoms with Crippen molar-refractivity contribution in [1.82, 2.24) is 4.98 Å². The maximum atomic E-state index is 13.0. The summed E-state index contributed by atoms with van der Waals surface area (Å²) in [4.78, 5) is 31.0. The van der Waals surface area contributed by atoms with E-state index in [2.05, 4.69) is 15.6 Å². The number of aromatic nitrogens is 1. The zero-order valence-electron chi connectivity index (χ0n) is 15.6. The molecule has 1 aliphatic heterocycles. The molecule has 2 aromatic carbocycles. The molecule has 2 N–H and O–H groups in total. The summed E-state index contributed by atoms with van der Waals surface area (Å²) >= 11 is 1.62. The van der Waals surface area contributed by atoms with Crippen LogP contribution in [-0.2, 0) is 9.59 Å². The Balaban J connectivity index is 1.48. The average molecular weight is 392 g/mol. The number of aryl methyl sites for hydroxylation is 1. The van der Waals surface area contributed by atoms with Crippen LogP contribution in [0.25, 0.3) is 11.3 Å². The van der Waals surface area contributed by atoms with Gasteiger partial charge in [0.2, 0.25) is 11.8 Å². The van der Waals surface area contributed by atoms with Crippen LogP contribution in [-0.4, -0.2) is 29.4 Å². The topological polar surface area (TPSA) is 74.3 Å². The summed E-state index contributed by atoms with van der Waals surface area (Å²) in [6, 6.07) is 14.7. The van der Waals surface area contributed by atoms with E-state index >= 15 is 0 Å². The highest BCUT2D eigenvalue weighted by molar-refractivity contribution is 7.09. The van der Waals surface area contributed by atoms with E-state index in [4.69, 9.17) is 0 Å². The second-order valence-electron chi connectivity index (χ2n) is 6.68. The molecular formula is C21H20N4O2S. The summed E-state index contributed by atoms with van der Waals surface area (Å²) < 4.78 is 0. The third-order valence-electron chi connectivity index (χ3n) is 4.59. The lowest BCUT2D eigenvalue weighted by atomic mass is 10.1. The number of nitrogens with one attached hydrogen (secondary N) is 2. The van der Waals surface area contributed by atoms with Crippen molar-refractivity contribution in [3.05, 3.63) is 58.9 Å². The number of carbonyl (C=O) groups is 2. The van der Waals surface area contributed by atoms with Gasteiger partial charge in [0.1, 0.15) is 12.6 Å². The van der Waals surface area contributed by atoms with Crippen molar-refractivity contribution in [2.45, 2.75) is 19.9 Å². The number of anilines is 3. The van der Waals surface area contributed by atoms with Crippen LogP contribution >= 0.6 is 11.3 Å². The largest absolute Gasteiger partial charge is 0.374 e. The number of amides is 2. The second-order valence-corrected chi connectivity index (χ2v) is 7.75. The summed E-state index contributed by atoms with van der Waals surface area (Å²) in [6.45, 7) is 3.80. The van der Waals surface area contributed by atoms with Gasteiger partial charge in [0.15, 0.2) is 0 Å². The average Bonchev–Trinajstić information content (AvgIpc) is 3.13. The molecule has 0 radical (unpaired) electrons. The molecule has 2 amide bonds. The van der Waals surface area contributed by atoms with E-state index in [9.17, 15) is 9.59 Å². The van der Waals surface area contributed by atoms with Crippen molar-refractivity contribution < 1.29 is 9.59 Å². The number of fused-ring (bicyclic) bond motifs is 1. The predicted molar refractivity (Wildman–Crippen MR) is 113 cm³/mol. The first kappa shape index (κ1) is 18.2. The van der Waals surface area contributed by atoms with Gasteiger partial charge < -0.3 is 10.6 Å². The molecule has 1 atom stereocenters. The summed E-state index contributed by atoms with van der Waals surface area (Å²) in [5, 5.41) is 9.09. The van der Waals surface area contributed by atoms with Crippen molar-refractivity contribution in [3.8, 4) is 11.3 Å². The SMILES string of the molecule is Cc1nc(-c2ccc(N[C@@H](C)C(=O)N3CC(=O)Nc4ccccc43)cc2)cs1. The molecule has 0 bridgehead atoms. The summed E-state index contributed by atoms with van der Waals surface area (Å²) in [5.41, 5.74) is 4.20. The molecular weight excluding hydrogens is 372 g/mol. The van der Waals surface area contributed by atoms with E-state index in [0.717, 1.165) is 27.6 Å². The Hall–Kier alpha value is -3.19. The zero-order chi connectivity index (χ0) is 19.7. The molecule has 2 heterocycles. The van der Waals surface area contributed by atoms with Crippen molar-refractivity contribution in [2.24, 2.45) is 0 Å². The Bertz CT molecular complexity index is 1030. The summed E-state index contributed by atoms with van der Waals surface area (Å²) in [7, 11) is 0. The van der Waals surface area contributed by atoms with Crippen molar-refractivity contribution >= 4 is 40.2 Å². The van der Waals surface area contributed by atoms with Gasteiger partial charge in [0.25, 0.3) is 0 Å². The van der Waals surface area contributed by atoms with Gasteiger partial charge in [0, 0.05) is 16.6 Å². The van der Waals surface area contributed by atoms with E-state index in [1.165, 1.54) is 4.90 Å². The lowest BCUT2D eigenvalue weighted by Gasteiger charge is -2.31. The minimum Gasteiger partial charge on any atom is -0.374 e. The highest BCUT2D eigenvalue weighted by Crippen LogP contribution is 2.30. The van der Waals surface area contributed by atoms with Crippen LogP contribution in [0, 0.1) is 6.92 Å². The number of nitrogens with zero attached hydrogens (tertiary/aromatic N) is 2. The molecule has 3 aromatic rings. The molecule has 28 heavy (non-hydrogen) atoms. The lowest BCUT2D eigenvalue weighted by molar-refractivity contribution is -0.122. The maximum absolute atomic E-state index is 13.0. The highest BCUT2D eigenvalue weighted by Gasteiger charge is 2.29. The predicted octanol–water partition coefficient (Wildman–Crippen LogP) is 3.90. The molecule has 1 aliphatic rings. The Morgan fingerprint density at radius 3 is 2.68 bits per heavy atom. The normalized spacial score (nSPS) is 14.2. The van der Waals surface area contributed by atoms with Crippen LogP contribution in [0.15, 0.2) is 53.9 Å². The molecule has 0 saturated carbocycles. The van der Waals surface area contributed by atoms with Crippen molar-refractivity contribution in [3.63, 3.8) is 0 Å². The first-order valence-electron chi connectivity index (χ1n) is 9.00. The highest BCUT2D eigenvalue weighted by atomic mass is 32.1.